The Kier molecular flexibility index (Phi) is 7.92. The summed E-state index contributed by atoms with van der Waals surface area (Å²) in [4.78, 5) is 41.7. The van der Waals surface area contributed by atoms with Crippen LogP contribution >= 0.6 is 11.3 Å². The lowest BCUT2D eigenvalue weighted by atomic mass is 9.94. The van der Waals surface area contributed by atoms with Crippen LogP contribution in [-0.4, -0.2) is 41.4 Å². The van der Waals surface area contributed by atoms with Gasteiger partial charge in [-0.15, -0.1) is 11.3 Å². The van der Waals surface area contributed by atoms with E-state index in [0.717, 1.165) is 10.6 Å². The molecule has 1 aromatic heterocycles. The summed E-state index contributed by atoms with van der Waals surface area (Å²) in [6.45, 7) is 0.349. The van der Waals surface area contributed by atoms with Crippen molar-refractivity contribution < 1.29 is 19.5 Å². The highest BCUT2D eigenvalue weighted by Crippen LogP contribution is 2.31. The molecule has 7 heteroatoms. The molecule has 0 fully saturated rings. The third kappa shape index (κ3) is 5.70. The van der Waals surface area contributed by atoms with Gasteiger partial charge in [0.2, 0.25) is 0 Å². The number of hydrogen-bond donors (Lipinski definition) is 1. The van der Waals surface area contributed by atoms with Crippen molar-refractivity contribution in [1.29, 1.82) is 0 Å². The molecule has 6 nitrogen and oxygen atoms in total. The molecule has 0 atom stereocenters. The lowest BCUT2D eigenvalue weighted by Crippen LogP contribution is -2.33. The number of anilines is 1. The minimum absolute atomic E-state index is 0.0685. The Labute approximate surface area is 214 Å². The smallest absolute Gasteiger partial charge is 0.305 e. The molecule has 0 radical (unpaired) electrons. The number of carboxylic acids is 1. The highest BCUT2D eigenvalue weighted by molar-refractivity contribution is 7.14. The summed E-state index contributed by atoms with van der Waals surface area (Å²) in [6.07, 6.45) is -0.165. The minimum Gasteiger partial charge on any atom is -0.481 e. The maximum absolute atomic E-state index is 13.8. The van der Waals surface area contributed by atoms with Crippen LogP contribution in [-0.2, 0) is 11.3 Å². The zero-order valence-corrected chi connectivity index (χ0v) is 20.7. The summed E-state index contributed by atoms with van der Waals surface area (Å²) < 4.78 is 0. The van der Waals surface area contributed by atoms with E-state index in [4.69, 9.17) is 0 Å². The number of carboxylic acid groups (broad SMARTS) is 1. The minimum atomic E-state index is -0.971. The van der Waals surface area contributed by atoms with E-state index < -0.39 is 5.97 Å². The number of thiophene rings is 1. The number of rotatable bonds is 9. The van der Waals surface area contributed by atoms with Gasteiger partial charge >= 0.3 is 5.97 Å². The first kappa shape index (κ1) is 24.9. The number of carbonyl (C=O) groups excluding carboxylic acids is 2. The highest BCUT2D eigenvalue weighted by atomic mass is 32.1. The zero-order chi connectivity index (χ0) is 25.5. The van der Waals surface area contributed by atoms with Crippen molar-refractivity contribution in [2.75, 3.05) is 18.5 Å². The summed E-state index contributed by atoms with van der Waals surface area (Å²) in [6, 6.07) is 27.6. The molecular weight excluding hydrogens is 472 g/mol. The molecule has 0 saturated heterocycles. The lowest BCUT2D eigenvalue weighted by molar-refractivity contribution is -0.137. The SMILES string of the molecule is CN(C(=O)c1ccccc1-c1ccccc1C(=O)N(CCC(=O)O)Cc1ccccc1)c1cccs1. The quantitative estimate of drug-likeness (QED) is 0.316. The highest BCUT2D eigenvalue weighted by Gasteiger charge is 2.24. The fourth-order valence-electron chi connectivity index (χ4n) is 4.01. The lowest BCUT2D eigenvalue weighted by Gasteiger charge is -2.24. The van der Waals surface area contributed by atoms with Crippen molar-refractivity contribution in [2.45, 2.75) is 13.0 Å². The Morgan fingerprint density at radius 3 is 1.92 bits per heavy atom. The van der Waals surface area contributed by atoms with Gasteiger partial charge in [0.1, 0.15) is 0 Å². The summed E-state index contributed by atoms with van der Waals surface area (Å²) in [5, 5.41) is 12.0. The molecule has 0 aliphatic heterocycles. The van der Waals surface area contributed by atoms with Gasteiger partial charge in [-0.3, -0.25) is 14.4 Å². The van der Waals surface area contributed by atoms with E-state index in [1.54, 1.807) is 41.1 Å². The number of benzene rings is 3. The fourth-order valence-corrected chi connectivity index (χ4v) is 4.70. The van der Waals surface area contributed by atoms with Crippen LogP contribution in [0.4, 0.5) is 5.00 Å². The maximum Gasteiger partial charge on any atom is 0.305 e. The molecule has 36 heavy (non-hydrogen) atoms. The first-order chi connectivity index (χ1) is 17.5. The zero-order valence-electron chi connectivity index (χ0n) is 19.8. The van der Waals surface area contributed by atoms with Crippen LogP contribution in [0.25, 0.3) is 11.1 Å². The van der Waals surface area contributed by atoms with E-state index in [1.165, 1.54) is 11.3 Å². The van der Waals surface area contributed by atoms with Gasteiger partial charge < -0.3 is 14.9 Å². The normalized spacial score (nSPS) is 10.6. The van der Waals surface area contributed by atoms with Gasteiger partial charge in [0.25, 0.3) is 11.8 Å². The molecule has 0 saturated carbocycles. The van der Waals surface area contributed by atoms with Crippen LogP contribution in [0.3, 0.4) is 0 Å². The Balaban J connectivity index is 1.72. The topological polar surface area (TPSA) is 77.9 Å². The van der Waals surface area contributed by atoms with E-state index in [-0.39, 0.29) is 31.3 Å². The molecule has 4 aromatic rings. The van der Waals surface area contributed by atoms with Gasteiger partial charge in [0, 0.05) is 31.3 Å². The monoisotopic (exact) mass is 498 g/mol. The van der Waals surface area contributed by atoms with E-state index in [9.17, 15) is 19.5 Å². The molecule has 0 spiro atoms. The molecule has 1 heterocycles. The molecule has 4 rings (SSSR count). The summed E-state index contributed by atoms with van der Waals surface area (Å²) in [5.41, 5.74) is 3.07. The molecule has 182 valence electrons. The number of hydrogen-bond acceptors (Lipinski definition) is 4. The van der Waals surface area contributed by atoms with E-state index in [1.807, 2.05) is 72.1 Å². The van der Waals surface area contributed by atoms with Crippen LogP contribution in [0.5, 0.6) is 0 Å². The van der Waals surface area contributed by atoms with Crippen molar-refractivity contribution in [1.82, 2.24) is 4.90 Å². The van der Waals surface area contributed by atoms with Crippen molar-refractivity contribution in [2.24, 2.45) is 0 Å². The van der Waals surface area contributed by atoms with Crippen LogP contribution < -0.4 is 4.90 Å². The van der Waals surface area contributed by atoms with Crippen molar-refractivity contribution in [3.8, 4) is 11.1 Å². The van der Waals surface area contributed by atoms with Crippen molar-refractivity contribution >= 4 is 34.1 Å². The largest absolute Gasteiger partial charge is 0.481 e. The van der Waals surface area contributed by atoms with Gasteiger partial charge in [-0.2, -0.15) is 0 Å². The second-order valence-electron chi connectivity index (χ2n) is 8.26. The molecule has 0 unspecified atom stereocenters. The summed E-state index contributed by atoms with van der Waals surface area (Å²) >= 11 is 1.47. The van der Waals surface area contributed by atoms with Crippen molar-refractivity contribution in [3.63, 3.8) is 0 Å². The average molecular weight is 499 g/mol. The predicted molar refractivity (Wildman–Crippen MR) is 142 cm³/mol. The van der Waals surface area contributed by atoms with E-state index in [2.05, 4.69) is 0 Å². The molecule has 2 amide bonds. The van der Waals surface area contributed by atoms with Gasteiger partial charge in [0.05, 0.1) is 11.4 Å². The Morgan fingerprint density at radius 2 is 1.33 bits per heavy atom. The fraction of sp³-hybridized carbons (Fsp3) is 0.138. The Bertz CT molecular complexity index is 1350. The second-order valence-corrected chi connectivity index (χ2v) is 9.19. The van der Waals surface area contributed by atoms with Gasteiger partial charge in [-0.05, 0) is 46.3 Å². The summed E-state index contributed by atoms with van der Waals surface area (Å²) in [5.74, 6) is -1.44. The maximum atomic E-state index is 13.8. The third-order valence-corrected chi connectivity index (χ3v) is 6.79. The molecule has 0 aliphatic carbocycles. The Morgan fingerprint density at radius 1 is 0.750 bits per heavy atom. The predicted octanol–water partition coefficient (Wildman–Crippen LogP) is 5.81. The van der Waals surface area contributed by atoms with Crippen LogP contribution in [0.15, 0.2) is 96.4 Å². The van der Waals surface area contributed by atoms with Crippen LogP contribution in [0.2, 0.25) is 0 Å². The molecule has 1 N–H and O–H groups in total. The van der Waals surface area contributed by atoms with Crippen LogP contribution in [0, 0.1) is 0 Å². The van der Waals surface area contributed by atoms with Gasteiger partial charge in [0.15, 0.2) is 0 Å². The van der Waals surface area contributed by atoms with Gasteiger partial charge in [-0.25, -0.2) is 0 Å². The number of amides is 2. The molecular formula is C29H26N2O4S. The Hall–Kier alpha value is -4.23. The third-order valence-electron chi connectivity index (χ3n) is 5.85. The van der Waals surface area contributed by atoms with E-state index >= 15 is 0 Å². The standard InChI is InChI=1S/C29H26N2O4S/c1-30(26-16-9-19-36-26)28(34)24-14-7-5-12-22(24)23-13-6-8-15-25(23)29(35)31(18-17-27(32)33)20-21-10-3-2-4-11-21/h2-16,19H,17-18,20H2,1H3,(H,32,33). The average Bonchev–Trinajstić information content (AvgIpc) is 3.45. The second kappa shape index (κ2) is 11.5. The molecule has 0 aliphatic rings. The van der Waals surface area contributed by atoms with Gasteiger partial charge in [-0.1, -0.05) is 66.7 Å². The summed E-state index contributed by atoms with van der Waals surface area (Å²) in [7, 11) is 1.73. The van der Waals surface area contributed by atoms with E-state index in [0.29, 0.717) is 22.3 Å². The number of carbonyl (C=O) groups is 3. The van der Waals surface area contributed by atoms with Crippen LogP contribution in [0.1, 0.15) is 32.7 Å². The first-order valence-electron chi connectivity index (χ1n) is 11.5. The molecule has 0 bridgehead atoms. The van der Waals surface area contributed by atoms with Crippen molar-refractivity contribution in [3.05, 3.63) is 113 Å². The number of nitrogens with zero attached hydrogens (tertiary/aromatic N) is 2. The first-order valence-corrected chi connectivity index (χ1v) is 12.4. The number of aliphatic carboxylic acids is 1. The molecule has 3 aromatic carbocycles.